The van der Waals surface area contributed by atoms with Crippen LogP contribution in [-0.2, 0) is 13.5 Å². The number of ether oxygens (including phenoxy) is 1. The van der Waals surface area contributed by atoms with Gasteiger partial charge in [-0.05, 0) is 24.9 Å². The van der Waals surface area contributed by atoms with Gasteiger partial charge in [0, 0.05) is 24.4 Å². The summed E-state index contributed by atoms with van der Waals surface area (Å²) in [5.74, 6) is 1.06. The van der Waals surface area contributed by atoms with Gasteiger partial charge in [-0.1, -0.05) is 25.1 Å². The Kier molecular flexibility index (Phi) is 3.74. The summed E-state index contributed by atoms with van der Waals surface area (Å²) in [6, 6.07) is 6.60. The van der Waals surface area contributed by atoms with E-state index in [4.69, 9.17) is 4.74 Å². The van der Waals surface area contributed by atoms with Gasteiger partial charge in [-0.25, -0.2) is 0 Å². The zero-order chi connectivity index (χ0) is 13.9. The highest BCUT2D eigenvalue weighted by Gasteiger charge is 2.22. The summed E-state index contributed by atoms with van der Waals surface area (Å²) in [6.07, 6.45) is 6.20. The number of nitrogens with one attached hydrogen (secondary N) is 1. The zero-order valence-corrected chi connectivity index (χ0v) is 12.1. The maximum atomic E-state index is 5.94. The first-order chi connectivity index (χ1) is 9.79. The summed E-state index contributed by atoms with van der Waals surface area (Å²) in [4.78, 5) is 0. The molecule has 1 aromatic heterocycles. The Balaban J connectivity index is 2.03. The summed E-state index contributed by atoms with van der Waals surface area (Å²) in [7, 11) is 1.95. The van der Waals surface area contributed by atoms with E-state index in [2.05, 4.69) is 41.7 Å². The molecular formula is C16H21N3O. The molecular weight excluding hydrogens is 250 g/mol. The zero-order valence-electron chi connectivity index (χ0n) is 12.1. The Bertz CT molecular complexity index is 591. The smallest absolute Gasteiger partial charge is 0.127 e. The third-order valence-corrected chi connectivity index (χ3v) is 3.74. The van der Waals surface area contributed by atoms with E-state index in [-0.39, 0.29) is 6.04 Å². The molecule has 4 nitrogen and oxygen atoms in total. The van der Waals surface area contributed by atoms with Crippen LogP contribution in [0.2, 0.25) is 0 Å². The topological polar surface area (TPSA) is 39.1 Å². The summed E-state index contributed by atoms with van der Waals surface area (Å²) in [5, 5.41) is 7.84. The number of hydrogen-bond acceptors (Lipinski definition) is 3. The molecule has 0 aliphatic carbocycles. The number of rotatable bonds is 4. The molecule has 1 aromatic carbocycles. The van der Waals surface area contributed by atoms with Crippen LogP contribution in [0.4, 0.5) is 0 Å². The molecule has 2 heterocycles. The van der Waals surface area contributed by atoms with Gasteiger partial charge < -0.3 is 10.1 Å². The molecule has 1 unspecified atom stereocenters. The number of para-hydroxylation sites is 1. The highest BCUT2D eigenvalue weighted by molar-refractivity contribution is 5.47. The van der Waals surface area contributed by atoms with Crippen molar-refractivity contribution in [3.05, 3.63) is 47.3 Å². The maximum absolute atomic E-state index is 5.94. The average molecular weight is 271 g/mol. The molecule has 0 bridgehead atoms. The molecule has 0 radical (unpaired) electrons. The second kappa shape index (κ2) is 5.67. The van der Waals surface area contributed by atoms with Crippen molar-refractivity contribution < 1.29 is 4.74 Å². The molecule has 0 spiro atoms. The van der Waals surface area contributed by atoms with Gasteiger partial charge in [0.15, 0.2) is 0 Å². The molecule has 1 atom stereocenters. The molecule has 20 heavy (non-hydrogen) atoms. The minimum Gasteiger partial charge on any atom is -0.493 e. The van der Waals surface area contributed by atoms with Crippen molar-refractivity contribution in [3.63, 3.8) is 0 Å². The van der Waals surface area contributed by atoms with Crippen LogP contribution >= 0.6 is 0 Å². The van der Waals surface area contributed by atoms with Crippen molar-refractivity contribution in [1.82, 2.24) is 15.1 Å². The Morgan fingerprint density at radius 1 is 1.45 bits per heavy atom. The lowest BCUT2D eigenvalue weighted by Gasteiger charge is -2.25. The largest absolute Gasteiger partial charge is 0.493 e. The molecule has 1 N–H and O–H groups in total. The van der Waals surface area contributed by atoms with Crippen LogP contribution in [-0.4, -0.2) is 22.9 Å². The van der Waals surface area contributed by atoms with Crippen molar-refractivity contribution in [2.45, 2.75) is 25.8 Å². The van der Waals surface area contributed by atoms with Gasteiger partial charge >= 0.3 is 0 Å². The molecule has 106 valence electrons. The number of fused-ring (bicyclic) bond motifs is 1. The molecule has 2 aromatic rings. The van der Waals surface area contributed by atoms with Crippen LogP contribution in [0.15, 0.2) is 30.6 Å². The predicted octanol–water partition coefficient (Wildman–Crippen LogP) is 2.44. The summed E-state index contributed by atoms with van der Waals surface area (Å²) >= 11 is 0. The standard InChI is InChI=1S/C16H21N3O/c1-3-17-15(13-10-18-19(2)11-13)14-8-4-6-12-7-5-9-20-16(12)14/h4,6,8,10-11,15,17H,3,5,7,9H2,1-2H3. The Hall–Kier alpha value is -1.81. The normalized spacial score (nSPS) is 15.5. The summed E-state index contributed by atoms with van der Waals surface area (Å²) in [5.41, 5.74) is 3.72. The highest BCUT2D eigenvalue weighted by Crippen LogP contribution is 2.35. The molecule has 0 saturated carbocycles. The fraction of sp³-hybridized carbons (Fsp3) is 0.438. The summed E-state index contributed by atoms with van der Waals surface area (Å²) in [6.45, 7) is 3.85. The molecule has 0 amide bonds. The fourth-order valence-corrected chi connectivity index (χ4v) is 2.84. The van der Waals surface area contributed by atoms with Crippen LogP contribution < -0.4 is 10.1 Å². The van der Waals surface area contributed by atoms with E-state index < -0.39 is 0 Å². The quantitative estimate of drug-likeness (QED) is 0.928. The molecule has 3 rings (SSSR count). The second-order valence-electron chi connectivity index (χ2n) is 5.23. The van der Waals surface area contributed by atoms with E-state index in [0.29, 0.717) is 0 Å². The van der Waals surface area contributed by atoms with Gasteiger partial charge in [0.25, 0.3) is 0 Å². The van der Waals surface area contributed by atoms with Crippen molar-refractivity contribution in [2.75, 3.05) is 13.2 Å². The lowest BCUT2D eigenvalue weighted by molar-refractivity contribution is 0.283. The van der Waals surface area contributed by atoms with Crippen molar-refractivity contribution in [2.24, 2.45) is 7.05 Å². The van der Waals surface area contributed by atoms with Crippen molar-refractivity contribution in [1.29, 1.82) is 0 Å². The maximum Gasteiger partial charge on any atom is 0.127 e. The molecule has 0 fully saturated rings. The average Bonchev–Trinajstić information content (AvgIpc) is 2.91. The monoisotopic (exact) mass is 271 g/mol. The van der Waals surface area contributed by atoms with Crippen LogP contribution in [0, 0.1) is 0 Å². The Morgan fingerprint density at radius 3 is 3.10 bits per heavy atom. The molecule has 0 saturated heterocycles. The molecule has 1 aliphatic heterocycles. The van der Waals surface area contributed by atoms with E-state index in [0.717, 1.165) is 31.7 Å². The van der Waals surface area contributed by atoms with Crippen LogP contribution in [0.3, 0.4) is 0 Å². The third kappa shape index (κ3) is 2.43. The van der Waals surface area contributed by atoms with E-state index in [1.807, 2.05) is 17.9 Å². The van der Waals surface area contributed by atoms with E-state index in [9.17, 15) is 0 Å². The van der Waals surface area contributed by atoms with Gasteiger partial charge in [-0.15, -0.1) is 0 Å². The highest BCUT2D eigenvalue weighted by atomic mass is 16.5. The van der Waals surface area contributed by atoms with Crippen LogP contribution in [0.25, 0.3) is 0 Å². The lowest BCUT2D eigenvalue weighted by atomic mass is 9.95. The van der Waals surface area contributed by atoms with Gasteiger partial charge in [0.2, 0.25) is 0 Å². The second-order valence-corrected chi connectivity index (χ2v) is 5.23. The molecule has 4 heteroatoms. The van der Waals surface area contributed by atoms with E-state index in [1.54, 1.807) is 0 Å². The number of aryl methyl sites for hydroxylation is 2. The SMILES string of the molecule is CCNC(c1cnn(C)c1)c1cccc2c1OCCC2. The first-order valence-corrected chi connectivity index (χ1v) is 7.26. The number of nitrogens with zero attached hydrogens (tertiary/aromatic N) is 2. The summed E-state index contributed by atoms with van der Waals surface area (Å²) < 4.78 is 7.79. The number of benzene rings is 1. The van der Waals surface area contributed by atoms with Crippen molar-refractivity contribution in [3.8, 4) is 5.75 Å². The Labute approximate surface area is 119 Å². The van der Waals surface area contributed by atoms with Crippen molar-refractivity contribution >= 4 is 0 Å². The lowest BCUT2D eigenvalue weighted by Crippen LogP contribution is -2.23. The van der Waals surface area contributed by atoms with Gasteiger partial charge in [0.1, 0.15) is 5.75 Å². The third-order valence-electron chi connectivity index (χ3n) is 3.74. The van der Waals surface area contributed by atoms with Crippen LogP contribution in [0.1, 0.15) is 36.1 Å². The fourth-order valence-electron chi connectivity index (χ4n) is 2.84. The first kappa shape index (κ1) is 13.2. The van der Waals surface area contributed by atoms with Crippen LogP contribution in [0.5, 0.6) is 5.75 Å². The first-order valence-electron chi connectivity index (χ1n) is 7.26. The van der Waals surface area contributed by atoms with Gasteiger partial charge in [0.05, 0.1) is 18.8 Å². The minimum absolute atomic E-state index is 0.141. The van der Waals surface area contributed by atoms with Gasteiger partial charge in [-0.2, -0.15) is 5.10 Å². The van der Waals surface area contributed by atoms with E-state index in [1.165, 1.54) is 16.7 Å². The van der Waals surface area contributed by atoms with E-state index >= 15 is 0 Å². The predicted molar refractivity (Wildman–Crippen MR) is 79.0 cm³/mol. The minimum atomic E-state index is 0.141. The Morgan fingerprint density at radius 2 is 2.35 bits per heavy atom. The number of aromatic nitrogens is 2. The van der Waals surface area contributed by atoms with Gasteiger partial charge in [-0.3, -0.25) is 4.68 Å². The number of hydrogen-bond donors (Lipinski definition) is 1. The molecule has 1 aliphatic rings.